The van der Waals surface area contributed by atoms with Gasteiger partial charge in [0.2, 0.25) is 0 Å². The van der Waals surface area contributed by atoms with Crippen molar-refractivity contribution < 1.29 is 23.8 Å². The quantitative estimate of drug-likeness (QED) is 0.466. The van der Waals surface area contributed by atoms with E-state index in [-0.39, 0.29) is 24.6 Å². The topological polar surface area (TPSA) is 61.8 Å². The number of esters is 2. The van der Waals surface area contributed by atoms with E-state index in [2.05, 4.69) is 0 Å². The Labute approximate surface area is 96.1 Å². The minimum absolute atomic E-state index is 0.237. The molecule has 0 amide bonds. The molecule has 5 nitrogen and oxygen atoms in total. The molecule has 0 aromatic rings. The van der Waals surface area contributed by atoms with E-state index in [4.69, 9.17) is 14.2 Å². The molecule has 0 radical (unpaired) electrons. The van der Waals surface area contributed by atoms with Crippen LogP contribution in [0.4, 0.5) is 0 Å². The Morgan fingerprint density at radius 3 is 2.25 bits per heavy atom. The van der Waals surface area contributed by atoms with Crippen molar-refractivity contribution in [2.75, 3.05) is 19.8 Å². The summed E-state index contributed by atoms with van der Waals surface area (Å²) in [6.07, 6.45) is 0.456. The maximum absolute atomic E-state index is 10.9. The minimum atomic E-state index is -0.269. The average Bonchev–Trinajstić information content (AvgIpc) is 2.27. The molecule has 0 saturated carbocycles. The second-order valence-corrected chi connectivity index (χ2v) is 3.30. The molecule has 0 bridgehead atoms. The normalized spacial score (nSPS) is 11.9. The molecule has 0 aliphatic carbocycles. The molecular formula is C11H20O5. The molecule has 0 spiro atoms. The number of ether oxygens (including phenoxy) is 3. The molecule has 0 saturated heterocycles. The van der Waals surface area contributed by atoms with Crippen molar-refractivity contribution in [3.8, 4) is 0 Å². The Balaban J connectivity index is 3.37. The maximum atomic E-state index is 10.9. The first-order valence-corrected chi connectivity index (χ1v) is 5.53. The highest BCUT2D eigenvalue weighted by Crippen LogP contribution is 1.95. The van der Waals surface area contributed by atoms with Crippen molar-refractivity contribution in [1.82, 2.24) is 0 Å². The average molecular weight is 232 g/mol. The molecule has 0 rings (SSSR count). The van der Waals surface area contributed by atoms with Gasteiger partial charge < -0.3 is 14.2 Å². The van der Waals surface area contributed by atoms with Crippen LogP contribution in [0.3, 0.4) is 0 Å². The minimum Gasteiger partial charge on any atom is -0.463 e. The molecule has 0 fully saturated rings. The molecule has 0 N–H and O–H groups in total. The van der Waals surface area contributed by atoms with Gasteiger partial charge in [-0.1, -0.05) is 13.8 Å². The zero-order chi connectivity index (χ0) is 12.4. The fourth-order valence-electron chi connectivity index (χ4n) is 0.908. The summed E-state index contributed by atoms with van der Waals surface area (Å²) in [5.74, 6) is -0.484. The Morgan fingerprint density at radius 2 is 1.69 bits per heavy atom. The smallest absolute Gasteiger partial charge is 0.305 e. The summed E-state index contributed by atoms with van der Waals surface area (Å²) in [5.41, 5.74) is 0. The largest absolute Gasteiger partial charge is 0.463 e. The van der Waals surface area contributed by atoms with Crippen molar-refractivity contribution in [1.29, 1.82) is 0 Å². The first-order valence-electron chi connectivity index (χ1n) is 5.53. The first kappa shape index (κ1) is 14.9. The summed E-state index contributed by atoms with van der Waals surface area (Å²) in [5, 5.41) is 0. The third kappa shape index (κ3) is 8.23. The monoisotopic (exact) mass is 232 g/mol. The highest BCUT2D eigenvalue weighted by molar-refractivity contribution is 5.69. The van der Waals surface area contributed by atoms with Crippen molar-refractivity contribution in [2.24, 2.45) is 0 Å². The highest BCUT2D eigenvalue weighted by Gasteiger charge is 2.07. The van der Waals surface area contributed by atoms with Crippen molar-refractivity contribution in [3.63, 3.8) is 0 Å². The molecule has 0 aliphatic rings. The molecule has 94 valence electrons. The lowest BCUT2D eigenvalue weighted by Crippen LogP contribution is -2.21. The van der Waals surface area contributed by atoms with Gasteiger partial charge in [-0.15, -0.1) is 0 Å². The lowest BCUT2D eigenvalue weighted by atomic mass is 10.4. The van der Waals surface area contributed by atoms with Crippen LogP contribution in [0.15, 0.2) is 0 Å². The predicted octanol–water partition coefficient (Wildman–Crippen LogP) is 1.30. The van der Waals surface area contributed by atoms with Crippen LogP contribution in [-0.4, -0.2) is 37.9 Å². The maximum Gasteiger partial charge on any atom is 0.305 e. The van der Waals surface area contributed by atoms with E-state index in [1.165, 1.54) is 0 Å². The van der Waals surface area contributed by atoms with E-state index in [9.17, 15) is 9.59 Å². The first-order chi connectivity index (χ1) is 7.60. The number of rotatable bonds is 8. The van der Waals surface area contributed by atoms with Gasteiger partial charge in [0.25, 0.3) is 0 Å². The number of hydrogen-bond acceptors (Lipinski definition) is 5. The van der Waals surface area contributed by atoms with Crippen molar-refractivity contribution in [2.45, 2.75) is 39.7 Å². The van der Waals surface area contributed by atoms with Crippen LogP contribution >= 0.6 is 0 Å². The summed E-state index contributed by atoms with van der Waals surface area (Å²) in [6, 6.07) is 0. The van der Waals surface area contributed by atoms with Crippen molar-refractivity contribution >= 4 is 11.9 Å². The van der Waals surface area contributed by atoms with Crippen LogP contribution in [0.1, 0.15) is 33.6 Å². The van der Waals surface area contributed by atoms with Gasteiger partial charge in [-0.05, 0) is 6.92 Å². The number of carbonyl (C=O) groups excluding carboxylic acids is 2. The zero-order valence-corrected chi connectivity index (χ0v) is 10.2. The van der Waals surface area contributed by atoms with Crippen molar-refractivity contribution in [3.05, 3.63) is 0 Å². The second-order valence-electron chi connectivity index (χ2n) is 3.30. The highest BCUT2D eigenvalue weighted by atomic mass is 16.6. The SMILES string of the molecule is CCC(=O)OCCOCC(C)OC(=O)CC. The molecule has 0 aliphatic heterocycles. The van der Waals surface area contributed by atoms with E-state index in [1.807, 2.05) is 0 Å². The second kappa shape index (κ2) is 9.15. The van der Waals surface area contributed by atoms with E-state index in [0.29, 0.717) is 26.1 Å². The molecule has 1 unspecified atom stereocenters. The number of carbonyl (C=O) groups is 2. The van der Waals surface area contributed by atoms with E-state index >= 15 is 0 Å². The molecule has 1 atom stereocenters. The van der Waals surface area contributed by atoms with Crippen LogP contribution in [0.25, 0.3) is 0 Å². The summed E-state index contributed by atoms with van der Waals surface area (Å²) >= 11 is 0. The van der Waals surface area contributed by atoms with E-state index < -0.39 is 0 Å². The fraction of sp³-hybridized carbons (Fsp3) is 0.818. The Bertz CT molecular complexity index is 214. The van der Waals surface area contributed by atoms with Crippen LogP contribution in [-0.2, 0) is 23.8 Å². The lowest BCUT2D eigenvalue weighted by molar-refractivity contribution is -0.151. The van der Waals surface area contributed by atoms with Gasteiger partial charge in [-0.25, -0.2) is 0 Å². The van der Waals surface area contributed by atoms with E-state index in [0.717, 1.165) is 0 Å². The predicted molar refractivity (Wildman–Crippen MR) is 57.9 cm³/mol. The standard InChI is InChI=1S/C11H20O5/c1-4-10(12)15-7-6-14-8-9(3)16-11(13)5-2/h9H,4-8H2,1-3H3. The molecule has 5 heteroatoms. The summed E-state index contributed by atoms with van der Waals surface area (Å²) in [7, 11) is 0. The van der Waals surface area contributed by atoms with Crippen LogP contribution in [0, 0.1) is 0 Å². The Morgan fingerprint density at radius 1 is 1.06 bits per heavy atom. The molecule has 0 heterocycles. The lowest BCUT2D eigenvalue weighted by Gasteiger charge is -2.12. The molecular weight excluding hydrogens is 212 g/mol. The van der Waals surface area contributed by atoms with Gasteiger partial charge in [0.1, 0.15) is 12.7 Å². The van der Waals surface area contributed by atoms with Crippen LogP contribution in [0.2, 0.25) is 0 Å². The number of hydrogen-bond donors (Lipinski definition) is 0. The summed E-state index contributed by atoms with van der Waals surface area (Å²) < 4.78 is 15.0. The van der Waals surface area contributed by atoms with Gasteiger partial charge in [0, 0.05) is 12.8 Å². The third-order valence-electron chi connectivity index (χ3n) is 1.75. The van der Waals surface area contributed by atoms with Gasteiger partial charge in [-0.3, -0.25) is 9.59 Å². The third-order valence-corrected chi connectivity index (χ3v) is 1.75. The summed E-state index contributed by atoms with van der Waals surface area (Å²) in [4.78, 5) is 21.6. The molecule has 0 aromatic heterocycles. The van der Waals surface area contributed by atoms with Gasteiger partial charge in [0.05, 0.1) is 13.2 Å². The Kier molecular flexibility index (Phi) is 8.52. The molecule has 0 aromatic carbocycles. The van der Waals surface area contributed by atoms with E-state index in [1.54, 1.807) is 20.8 Å². The molecule has 16 heavy (non-hydrogen) atoms. The van der Waals surface area contributed by atoms with Crippen LogP contribution in [0.5, 0.6) is 0 Å². The van der Waals surface area contributed by atoms with Gasteiger partial charge in [0.15, 0.2) is 0 Å². The summed E-state index contributed by atoms with van der Waals surface area (Å²) in [6.45, 7) is 6.09. The zero-order valence-electron chi connectivity index (χ0n) is 10.2. The van der Waals surface area contributed by atoms with Gasteiger partial charge in [-0.2, -0.15) is 0 Å². The Hall–Kier alpha value is -1.10. The van der Waals surface area contributed by atoms with Gasteiger partial charge >= 0.3 is 11.9 Å². The fourth-order valence-corrected chi connectivity index (χ4v) is 0.908. The van der Waals surface area contributed by atoms with Crippen LogP contribution < -0.4 is 0 Å².